The number of anilines is 1. The average Bonchev–Trinajstić information content (AvgIpc) is 2.33. The summed E-state index contributed by atoms with van der Waals surface area (Å²) in [5, 5.41) is 2.90. The van der Waals surface area contributed by atoms with Crippen LogP contribution in [0.4, 0.5) is 5.69 Å². The second kappa shape index (κ2) is 3.33. The lowest BCUT2D eigenvalue weighted by Crippen LogP contribution is -2.36. The van der Waals surface area contributed by atoms with Gasteiger partial charge in [0, 0.05) is 25.3 Å². The number of rotatable bonds is 0. The number of hydrogen-bond acceptors (Lipinski definition) is 2. The minimum Gasteiger partial charge on any atom is -0.369 e. The number of carbonyl (C=O) groups is 1. The molecule has 0 radical (unpaired) electrons. The molecule has 0 spiro atoms. The maximum Gasteiger partial charge on any atom is 0.253 e. The Morgan fingerprint density at radius 1 is 1.43 bits per heavy atom. The van der Waals surface area contributed by atoms with Gasteiger partial charge in [0.25, 0.3) is 5.91 Å². The topological polar surface area (TPSA) is 32.3 Å². The maximum atomic E-state index is 11.7. The van der Waals surface area contributed by atoms with Gasteiger partial charge in [-0.3, -0.25) is 4.79 Å². The summed E-state index contributed by atoms with van der Waals surface area (Å²) in [5.41, 5.74) is 1.77. The van der Waals surface area contributed by atoms with Gasteiger partial charge in [0.1, 0.15) is 0 Å². The van der Waals surface area contributed by atoms with E-state index in [0.29, 0.717) is 12.6 Å². The number of likely N-dealkylation sites (N-methyl/N-ethyl adjacent to an activating group) is 1. The molecule has 3 nitrogen and oxygen atoms in total. The van der Waals surface area contributed by atoms with Crippen LogP contribution in [0.25, 0.3) is 0 Å². The molecule has 0 fully saturated rings. The summed E-state index contributed by atoms with van der Waals surface area (Å²) in [4.78, 5) is 13.8. The fourth-order valence-corrected chi connectivity index (χ4v) is 1.68. The molecule has 2 rings (SSSR count). The van der Waals surface area contributed by atoms with Crippen molar-refractivity contribution in [2.45, 2.75) is 13.0 Å². The molecule has 1 aromatic carbocycles. The minimum absolute atomic E-state index is 0.0248. The third-order valence-corrected chi connectivity index (χ3v) is 2.75. The molecule has 1 unspecified atom stereocenters. The van der Waals surface area contributed by atoms with E-state index in [9.17, 15) is 4.79 Å². The molecule has 1 aromatic rings. The SMILES string of the molecule is CC1CNC(=O)c2ccccc2N1C. The number of hydrogen-bond donors (Lipinski definition) is 1. The third-order valence-electron chi connectivity index (χ3n) is 2.75. The Morgan fingerprint density at radius 3 is 2.93 bits per heavy atom. The lowest BCUT2D eigenvalue weighted by molar-refractivity contribution is 0.0956. The molecule has 0 aliphatic carbocycles. The molecule has 14 heavy (non-hydrogen) atoms. The third kappa shape index (κ3) is 1.35. The molecule has 0 saturated carbocycles. The van der Waals surface area contributed by atoms with Crippen molar-refractivity contribution in [3.63, 3.8) is 0 Å². The molecule has 0 aromatic heterocycles. The Hall–Kier alpha value is -1.51. The molecule has 1 atom stereocenters. The van der Waals surface area contributed by atoms with Crippen LogP contribution in [0.15, 0.2) is 24.3 Å². The van der Waals surface area contributed by atoms with Crippen LogP contribution in [0, 0.1) is 0 Å². The molecule has 74 valence electrons. The predicted octanol–water partition coefficient (Wildman–Crippen LogP) is 1.25. The van der Waals surface area contributed by atoms with Gasteiger partial charge in [-0.2, -0.15) is 0 Å². The summed E-state index contributed by atoms with van der Waals surface area (Å²) < 4.78 is 0. The van der Waals surface area contributed by atoms with Gasteiger partial charge in [-0.15, -0.1) is 0 Å². The van der Waals surface area contributed by atoms with Crippen LogP contribution in [0.5, 0.6) is 0 Å². The Labute approximate surface area is 83.7 Å². The lowest BCUT2D eigenvalue weighted by Gasteiger charge is -2.24. The zero-order valence-electron chi connectivity index (χ0n) is 8.45. The van der Waals surface area contributed by atoms with Gasteiger partial charge >= 0.3 is 0 Å². The first kappa shape index (κ1) is 9.06. The van der Waals surface area contributed by atoms with E-state index in [1.54, 1.807) is 0 Å². The molecule has 1 heterocycles. The first-order valence-electron chi connectivity index (χ1n) is 4.80. The fourth-order valence-electron chi connectivity index (χ4n) is 1.68. The highest BCUT2D eigenvalue weighted by Gasteiger charge is 2.21. The number of para-hydroxylation sites is 1. The fraction of sp³-hybridized carbons (Fsp3) is 0.364. The van der Waals surface area contributed by atoms with Crippen molar-refractivity contribution in [2.75, 3.05) is 18.5 Å². The van der Waals surface area contributed by atoms with Crippen molar-refractivity contribution in [1.29, 1.82) is 0 Å². The van der Waals surface area contributed by atoms with E-state index in [-0.39, 0.29) is 5.91 Å². The van der Waals surface area contributed by atoms with Crippen LogP contribution in [0.3, 0.4) is 0 Å². The quantitative estimate of drug-likeness (QED) is 0.668. The normalized spacial score (nSPS) is 21.1. The summed E-state index contributed by atoms with van der Waals surface area (Å²) in [6.45, 7) is 2.80. The van der Waals surface area contributed by atoms with Crippen molar-refractivity contribution in [1.82, 2.24) is 5.32 Å². The number of nitrogens with zero attached hydrogens (tertiary/aromatic N) is 1. The highest BCUT2D eigenvalue weighted by atomic mass is 16.1. The summed E-state index contributed by atoms with van der Waals surface area (Å²) in [6, 6.07) is 8.03. The van der Waals surface area contributed by atoms with Crippen LogP contribution in [0.2, 0.25) is 0 Å². The monoisotopic (exact) mass is 190 g/mol. The van der Waals surface area contributed by atoms with Crippen LogP contribution < -0.4 is 10.2 Å². The van der Waals surface area contributed by atoms with Crippen LogP contribution in [-0.4, -0.2) is 25.5 Å². The molecule has 0 saturated heterocycles. The maximum absolute atomic E-state index is 11.7. The molecule has 1 N–H and O–H groups in total. The smallest absolute Gasteiger partial charge is 0.253 e. The Morgan fingerprint density at radius 2 is 2.14 bits per heavy atom. The second-order valence-corrected chi connectivity index (χ2v) is 3.69. The zero-order valence-corrected chi connectivity index (χ0v) is 8.45. The average molecular weight is 190 g/mol. The van der Waals surface area contributed by atoms with E-state index in [1.165, 1.54) is 0 Å². The Bertz CT molecular complexity index is 362. The van der Waals surface area contributed by atoms with Gasteiger partial charge < -0.3 is 10.2 Å². The summed E-state index contributed by atoms with van der Waals surface area (Å²) in [6.07, 6.45) is 0. The molecule has 1 aliphatic rings. The number of carbonyl (C=O) groups excluding carboxylic acids is 1. The van der Waals surface area contributed by atoms with E-state index >= 15 is 0 Å². The van der Waals surface area contributed by atoms with Crippen molar-refractivity contribution in [3.05, 3.63) is 29.8 Å². The molecular formula is C11H14N2O. The highest BCUT2D eigenvalue weighted by Crippen LogP contribution is 2.22. The molecule has 3 heteroatoms. The summed E-state index contributed by atoms with van der Waals surface area (Å²) in [5.74, 6) is 0.0248. The lowest BCUT2D eigenvalue weighted by atomic mass is 10.1. The standard InChI is InChI=1S/C11H14N2O/c1-8-7-12-11(14)9-5-3-4-6-10(9)13(8)2/h3-6,8H,7H2,1-2H3,(H,12,14). The van der Waals surface area contributed by atoms with Crippen molar-refractivity contribution >= 4 is 11.6 Å². The number of amides is 1. The second-order valence-electron chi connectivity index (χ2n) is 3.69. The van der Waals surface area contributed by atoms with Gasteiger partial charge in [0.2, 0.25) is 0 Å². The molecule has 0 bridgehead atoms. The number of benzene rings is 1. The van der Waals surface area contributed by atoms with E-state index < -0.39 is 0 Å². The number of fused-ring (bicyclic) bond motifs is 1. The van der Waals surface area contributed by atoms with E-state index in [4.69, 9.17) is 0 Å². The molecule has 1 aliphatic heterocycles. The van der Waals surface area contributed by atoms with E-state index in [0.717, 1.165) is 11.3 Å². The molecule has 1 amide bonds. The zero-order chi connectivity index (χ0) is 10.1. The van der Waals surface area contributed by atoms with E-state index in [1.807, 2.05) is 31.3 Å². The minimum atomic E-state index is 0.0248. The van der Waals surface area contributed by atoms with Crippen molar-refractivity contribution in [3.8, 4) is 0 Å². The van der Waals surface area contributed by atoms with E-state index in [2.05, 4.69) is 17.1 Å². The van der Waals surface area contributed by atoms with Gasteiger partial charge in [0.05, 0.1) is 5.56 Å². The molecular weight excluding hydrogens is 176 g/mol. The highest BCUT2D eigenvalue weighted by molar-refractivity contribution is 6.00. The van der Waals surface area contributed by atoms with Crippen molar-refractivity contribution < 1.29 is 4.79 Å². The van der Waals surface area contributed by atoms with Gasteiger partial charge in [-0.25, -0.2) is 0 Å². The van der Waals surface area contributed by atoms with Gasteiger partial charge in [-0.1, -0.05) is 12.1 Å². The van der Waals surface area contributed by atoms with Crippen LogP contribution in [0.1, 0.15) is 17.3 Å². The van der Waals surface area contributed by atoms with Gasteiger partial charge in [0.15, 0.2) is 0 Å². The first-order chi connectivity index (χ1) is 6.70. The van der Waals surface area contributed by atoms with Gasteiger partial charge in [-0.05, 0) is 19.1 Å². The predicted molar refractivity (Wildman–Crippen MR) is 56.6 cm³/mol. The van der Waals surface area contributed by atoms with Crippen LogP contribution >= 0.6 is 0 Å². The first-order valence-corrected chi connectivity index (χ1v) is 4.80. The summed E-state index contributed by atoms with van der Waals surface area (Å²) >= 11 is 0. The Kier molecular flexibility index (Phi) is 2.15. The summed E-state index contributed by atoms with van der Waals surface area (Å²) in [7, 11) is 2.02. The van der Waals surface area contributed by atoms with Crippen LogP contribution in [-0.2, 0) is 0 Å². The van der Waals surface area contributed by atoms with Crippen molar-refractivity contribution in [2.24, 2.45) is 0 Å². The Balaban J connectivity index is 2.51. The number of nitrogens with one attached hydrogen (secondary N) is 1. The largest absolute Gasteiger partial charge is 0.369 e.